The van der Waals surface area contributed by atoms with Gasteiger partial charge in [-0.05, 0) is 31.5 Å². The smallest absolute Gasteiger partial charge is 0.124 e. The summed E-state index contributed by atoms with van der Waals surface area (Å²) >= 11 is 0. The van der Waals surface area contributed by atoms with Gasteiger partial charge in [-0.25, -0.2) is 4.39 Å². The topological polar surface area (TPSA) is 35.8 Å². The molecule has 1 N–H and O–H groups in total. The molecule has 3 heteroatoms. The van der Waals surface area contributed by atoms with Crippen molar-refractivity contribution in [1.29, 1.82) is 5.26 Å². The summed E-state index contributed by atoms with van der Waals surface area (Å²) in [6, 6.07) is 6.28. The average molecular weight is 204 g/mol. The number of nitrogens with zero attached hydrogens (tertiary/aromatic N) is 1. The standard InChI is InChI=1S/C12H13FN2/c1-3-4-9(2)15-12-6-5-11(13)7-10(12)8-14/h3,5-7,9,15H,1,4H2,2H3. The maximum absolute atomic E-state index is 12.8. The van der Waals surface area contributed by atoms with Crippen molar-refractivity contribution < 1.29 is 4.39 Å². The third-order valence-corrected chi connectivity index (χ3v) is 2.02. The van der Waals surface area contributed by atoms with Crippen molar-refractivity contribution >= 4 is 5.69 Å². The zero-order chi connectivity index (χ0) is 11.3. The van der Waals surface area contributed by atoms with Crippen LogP contribution < -0.4 is 5.32 Å². The number of anilines is 1. The van der Waals surface area contributed by atoms with Crippen LogP contribution in [-0.4, -0.2) is 6.04 Å². The maximum atomic E-state index is 12.8. The average Bonchev–Trinajstić information content (AvgIpc) is 2.21. The van der Waals surface area contributed by atoms with E-state index in [2.05, 4.69) is 11.9 Å². The van der Waals surface area contributed by atoms with E-state index in [1.165, 1.54) is 12.1 Å². The van der Waals surface area contributed by atoms with Gasteiger partial charge in [0, 0.05) is 6.04 Å². The second-order valence-electron chi connectivity index (χ2n) is 3.37. The van der Waals surface area contributed by atoms with Crippen molar-refractivity contribution in [3.05, 3.63) is 42.2 Å². The third-order valence-electron chi connectivity index (χ3n) is 2.02. The number of halogens is 1. The quantitative estimate of drug-likeness (QED) is 0.765. The Hall–Kier alpha value is -1.82. The first-order chi connectivity index (χ1) is 7.17. The Bertz CT molecular complexity index is 393. The van der Waals surface area contributed by atoms with E-state index in [1.54, 1.807) is 12.1 Å². The van der Waals surface area contributed by atoms with Gasteiger partial charge in [-0.1, -0.05) is 6.08 Å². The molecule has 0 radical (unpaired) electrons. The molecule has 1 rings (SSSR count). The Labute approximate surface area is 89.0 Å². The van der Waals surface area contributed by atoms with Crippen molar-refractivity contribution in [1.82, 2.24) is 0 Å². The number of rotatable bonds is 4. The molecule has 0 spiro atoms. The Kier molecular flexibility index (Phi) is 3.87. The molecule has 0 aromatic heterocycles. The molecule has 0 bridgehead atoms. The van der Waals surface area contributed by atoms with E-state index in [0.717, 1.165) is 6.42 Å². The Morgan fingerprint density at radius 1 is 1.67 bits per heavy atom. The Balaban J connectivity index is 2.85. The van der Waals surface area contributed by atoms with Crippen LogP contribution in [0.25, 0.3) is 0 Å². The summed E-state index contributed by atoms with van der Waals surface area (Å²) in [5.41, 5.74) is 0.985. The first-order valence-electron chi connectivity index (χ1n) is 4.74. The molecule has 15 heavy (non-hydrogen) atoms. The molecular weight excluding hydrogens is 191 g/mol. The van der Waals surface area contributed by atoms with Gasteiger partial charge < -0.3 is 5.32 Å². The molecule has 0 heterocycles. The van der Waals surface area contributed by atoms with Gasteiger partial charge in [0.1, 0.15) is 11.9 Å². The second kappa shape index (κ2) is 5.16. The van der Waals surface area contributed by atoms with E-state index >= 15 is 0 Å². The Morgan fingerprint density at radius 3 is 3.00 bits per heavy atom. The number of hydrogen-bond acceptors (Lipinski definition) is 2. The highest BCUT2D eigenvalue weighted by atomic mass is 19.1. The minimum absolute atomic E-state index is 0.181. The zero-order valence-corrected chi connectivity index (χ0v) is 8.63. The highest BCUT2D eigenvalue weighted by Gasteiger charge is 2.05. The van der Waals surface area contributed by atoms with Crippen LogP contribution in [0.3, 0.4) is 0 Å². The molecule has 1 aromatic carbocycles. The minimum Gasteiger partial charge on any atom is -0.381 e. The van der Waals surface area contributed by atoms with Crippen LogP contribution in [0.1, 0.15) is 18.9 Å². The summed E-state index contributed by atoms with van der Waals surface area (Å²) in [5.74, 6) is -0.395. The minimum atomic E-state index is -0.395. The van der Waals surface area contributed by atoms with Crippen molar-refractivity contribution in [2.75, 3.05) is 5.32 Å². The van der Waals surface area contributed by atoms with Crippen molar-refractivity contribution in [2.24, 2.45) is 0 Å². The fraction of sp³-hybridized carbons (Fsp3) is 0.250. The molecule has 0 saturated carbocycles. The normalized spacial score (nSPS) is 11.5. The van der Waals surface area contributed by atoms with Crippen molar-refractivity contribution in [3.8, 4) is 6.07 Å². The maximum Gasteiger partial charge on any atom is 0.124 e. The van der Waals surface area contributed by atoms with Crippen LogP contribution in [0.15, 0.2) is 30.9 Å². The van der Waals surface area contributed by atoms with Gasteiger partial charge in [0.25, 0.3) is 0 Å². The van der Waals surface area contributed by atoms with Gasteiger partial charge in [0.2, 0.25) is 0 Å². The number of nitrogens with one attached hydrogen (secondary N) is 1. The van der Waals surface area contributed by atoms with E-state index in [0.29, 0.717) is 11.3 Å². The molecule has 1 atom stereocenters. The van der Waals surface area contributed by atoms with E-state index in [-0.39, 0.29) is 6.04 Å². The molecule has 1 unspecified atom stereocenters. The van der Waals surface area contributed by atoms with Gasteiger partial charge in [0.05, 0.1) is 11.3 Å². The van der Waals surface area contributed by atoms with Crippen molar-refractivity contribution in [2.45, 2.75) is 19.4 Å². The molecule has 0 saturated heterocycles. The summed E-state index contributed by atoms with van der Waals surface area (Å²) in [4.78, 5) is 0. The van der Waals surface area contributed by atoms with E-state index in [4.69, 9.17) is 5.26 Å². The Morgan fingerprint density at radius 2 is 2.40 bits per heavy atom. The molecule has 1 aromatic rings. The molecule has 0 aliphatic heterocycles. The van der Waals surface area contributed by atoms with Crippen LogP contribution in [0.5, 0.6) is 0 Å². The zero-order valence-electron chi connectivity index (χ0n) is 8.63. The number of benzene rings is 1. The first-order valence-corrected chi connectivity index (χ1v) is 4.74. The lowest BCUT2D eigenvalue weighted by Crippen LogP contribution is -2.14. The lowest BCUT2D eigenvalue weighted by molar-refractivity contribution is 0.627. The van der Waals surface area contributed by atoms with Gasteiger partial charge in [-0.2, -0.15) is 5.26 Å². The molecular formula is C12H13FN2. The van der Waals surface area contributed by atoms with E-state index in [1.807, 2.05) is 13.0 Å². The molecule has 0 amide bonds. The molecule has 0 aliphatic rings. The molecule has 78 valence electrons. The molecule has 2 nitrogen and oxygen atoms in total. The van der Waals surface area contributed by atoms with Crippen LogP contribution in [0.4, 0.5) is 10.1 Å². The SMILES string of the molecule is C=CCC(C)Nc1ccc(F)cc1C#N. The highest BCUT2D eigenvalue weighted by molar-refractivity contribution is 5.57. The third kappa shape index (κ3) is 3.10. The summed E-state index contributed by atoms with van der Waals surface area (Å²) in [6.07, 6.45) is 2.59. The largest absolute Gasteiger partial charge is 0.381 e. The van der Waals surface area contributed by atoms with Crippen LogP contribution >= 0.6 is 0 Å². The fourth-order valence-electron chi connectivity index (χ4n) is 1.31. The van der Waals surface area contributed by atoms with E-state index in [9.17, 15) is 4.39 Å². The van der Waals surface area contributed by atoms with E-state index < -0.39 is 5.82 Å². The van der Waals surface area contributed by atoms with Gasteiger partial charge >= 0.3 is 0 Å². The number of hydrogen-bond donors (Lipinski definition) is 1. The van der Waals surface area contributed by atoms with Crippen LogP contribution in [0.2, 0.25) is 0 Å². The molecule has 0 aliphatic carbocycles. The first kappa shape index (κ1) is 11.3. The summed E-state index contributed by atoms with van der Waals surface area (Å²) in [7, 11) is 0. The summed E-state index contributed by atoms with van der Waals surface area (Å²) < 4.78 is 12.8. The predicted molar refractivity (Wildman–Crippen MR) is 59.0 cm³/mol. The second-order valence-corrected chi connectivity index (χ2v) is 3.37. The van der Waals surface area contributed by atoms with Crippen LogP contribution in [0, 0.1) is 17.1 Å². The lowest BCUT2D eigenvalue weighted by atomic mass is 10.1. The predicted octanol–water partition coefficient (Wildman–Crippen LogP) is 3.07. The monoisotopic (exact) mass is 204 g/mol. The van der Waals surface area contributed by atoms with Crippen molar-refractivity contribution in [3.63, 3.8) is 0 Å². The summed E-state index contributed by atoms with van der Waals surface area (Å²) in [6.45, 7) is 5.61. The van der Waals surface area contributed by atoms with Gasteiger partial charge in [-0.3, -0.25) is 0 Å². The van der Waals surface area contributed by atoms with Crippen LogP contribution in [-0.2, 0) is 0 Å². The lowest BCUT2D eigenvalue weighted by Gasteiger charge is -2.14. The molecule has 0 fully saturated rings. The van der Waals surface area contributed by atoms with Gasteiger partial charge in [-0.15, -0.1) is 6.58 Å². The summed E-state index contributed by atoms with van der Waals surface area (Å²) in [5, 5.41) is 11.9. The van der Waals surface area contributed by atoms with Gasteiger partial charge in [0.15, 0.2) is 0 Å². The highest BCUT2D eigenvalue weighted by Crippen LogP contribution is 2.17. The number of nitriles is 1. The fourth-order valence-corrected chi connectivity index (χ4v) is 1.31.